The zero-order valence-corrected chi connectivity index (χ0v) is 17.8. The maximum Gasteiger partial charge on any atom is 0.303 e. The van der Waals surface area contributed by atoms with Crippen LogP contribution >= 0.6 is 0 Å². The third kappa shape index (κ3) is 12.9. The Bertz CT molecular complexity index is 621. The van der Waals surface area contributed by atoms with Gasteiger partial charge in [-0.15, -0.1) is 0 Å². The Labute approximate surface area is 179 Å². The summed E-state index contributed by atoms with van der Waals surface area (Å²) >= 11 is 0. The number of rotatable bonds is 17. The number of benzene rings is 1. The predicted octanol–water partition coefficient (Wildman–Crippen LogP) is 3.99. The molecule has 30 heavy (non-hydrogen) atoms. The van der Waals surface area contributed by atoms with Crippen molar-refractivity contribution in [1.29, 1.82) is 0 Å². The smallest absolute Gasteiger partial charge is 0.303 e. The van der Waals surface area contributed by atoms with E-state index in [0.717, 1.165) is 32.1 Å². The molecule has 1 aromatic carbocycles. The van der Waals surface area contributed by atoms with Gasteiger partial charge in [-0.25, -0.2) is 5.48 Å². The van der Waals surface area contributed by atoms with E-state index in [2.05, 4.69) is 29.6 Å². The van der Waals surface area contributed by atoms with Gasteiger partial charge in [0.25, 0.3) is 5.91 Å². The average molecular weight is 421 g/mol. The van der Waals surface area contributed by atoms with E-state index in [-0.39, 0.29) is 18.7 Å². The first-order chi connectivity index (χ1) is 14.5. The molecule has 0 aliphatic rings. The van der Waals surface area contributed by atoms with Crippen LogP contribution in [0.1, 0.15) is 82.6 Å². The molecule has 0 fully saturated rings. The molecule has 7 heteroatoms. The molecule has 0 aliphatic heterocycles. The number of amides is 2. The first-order valence-electron chi connectivity index (χ1n) is 11.0. The maximum atomic E-state index is 11.9. The monoisotopic (exact) mass is 420 g/mol. The van der Waals surface area contributed by atoms with E-state index in [1.807, 2.05) is 6.07 Å². The van der Waals surface area contributed by atoms with Crippen LogP contribution in [0.5, 0.6) is 0 Å². The molecular weight excluding hydrogens is 384 g/mol. The third-order valence-electron chi connectivity index (χ3n) is 5.12. The maximum absolute atomic E-state index is 11.9. The summed E-state index contributed by atoms with van der Waals surface area (Å²) in [6.45, 7) is 0. The lowest BCUT2D eigenvalue weighted by atomic mass is 10.0. The molecule has 7 nitrogen and oxygen atoms in total. The van der Waals surface area contributed by atoms with Crippen LogP contribution in [-0.2, 0) is 20.8 Å². The molecule has 168 valence electrons. The highest BCUT2D eigenvalue weighted by atomic mass is 16.5. The minimum Gasteiger partial charge on any atom is -0.481 e. The lowest BCUT2D eigenvalue weighted by Gasteiger charge is -2.15. The minimum atomic E-state index is -1.06. The van der Waals surface area contributed by atoms with E-state index in [4.69, 9.17) is 10.3 Å². The van der Waals surface area contributed by atoms with Gasteiger partial charge < -0.3 is 10.4 Å². The highest BCUT2D eigenvalue weighted by Crippen LogP contribution is 2.12. The molecule has 0 spiro atoms. The van der Waals surface area contributed by atoms with E-state index in [1.54, 1.807) is 0 Å². The summed E-state index contributed by atoms with van der Waals surface area (Å²) in [6, 6.07) is 9.55. The number of carboxylic acid groups (broad SMARTS) is 1. The van der Waals surface area contributed by atoms with Crippen LogP contribution in [0.25, 0.3) is 0 Å². The van der Waals surface area contributed by atoms with E-state index < -0.39 is 17.9 Å². The molecule has 0 aliphatic carbocycles. The summed E-state index contributed by atoms with van der Waals surface area (Å²) in [7, 11) is 0. The first kappa shape index (κ1) is 25.6. The average Bonchev–Trinajstić information content (AvgIpc) is 2.74. The molecule has 0 heterocycles. The number of hydrogen-bond donors (Lipinski definition) is 4. The number of carbonyl (C=O) groups is 3. The summed E-state index contributed by atoms with van der Waals surface area (Å²) in [5.41, 5.74) is 2.87. The van der Waals surface area contributed by atoms with Crippen LogP contribution in [0.4, 0.5) is 0 Å². The zero-order chi connectivity index (χ0) is 22.0. The molecule has 1 aromatic rings. The van der Waals surface area contributed by atoms with Crippen molar-refractivity contribution < 1.29 is 24.7 Å². The zero-order valence-electron chi connectivity index (χ0n) is 17.8. The first-order valence-corrected chi connectivity index (χ1v) is 11.0. The van der Waals surface area contributed by atoms with E-state index in [1.165, 1.54) is 43.1 Å². The van der Waals surface area contributed by atoms with E-state index >= 15 is 0 Å². The van der Waals surface area contributed by atoms with Gasteiger partial charge >= 0.3 is 5.97 Å². The number of unbranched alkanes of at least 4 members (excludes halogenated alkanes) is 8. The van der Waals surface area contributed by atoms with Crippen LogP contribution in [0.15, 0.2) is 30.3 Å². The summed E-state index contributed by atoms with van der Waals surface area (Å²) in [5, 5.41) is 19.9. The molecule has 2 amide bonds. The van der Waals surface area contributed by atoms with Gasteiger partial charge in [-0.2, -0.15) is 0 Å². The molecule has 0 saturated heterocycles. The molecule has 0 bridgehead atoms. The van der Waals surface area contributed by atoms with Crippen molar-refractivity contribution in [3.63, 3.8) is 0 Å². The van der Waals surface area contributed by atoms with Crippen LogP contribution in [-0.4, -0.2) is 34.1 Å². The van der Waals surface area contributed by atoms with Gasteiger partial charge in [0.2, 0.25) is 5.91 Å². The molecule has 0 radical (unpaired) electrons. The lowest BCUT2D eigenvalue weighted by Crippen LogP contribution is -2.46. The quantitative estimate of drug-likeness (QED) is 0.173. The van der Waals surface area contributed by atoms with Crippen LogP contribution in [0.3, 0.4) is 0 Å². The van der Waals surface area contributed by atoms with E-state index in [0.29, 0.717) is 6.42 Å². The van der Waals surface area contributed by atoms with Crippen molar-refractivity contribution >= 4 is 17.8 Å². The topological polar surface area (TPSA) is 116 Å². The Morgan fingerprint density at radius 3 is 1.93 bits per heavy atom. The number of carbonyl (C=O) groups excluding carboxylic acids is 2. The number of carboxylic acids is 1. The van der Waals surface area contributed by atoms with Crippen molar-refractivity contribution in [2.75, 3.05) is 0 Å². The molecule has 0 saturated carbocycles. The highest BCUT2D eigenvalue weighted by molar-refractivity contribution is 5.87. The highest BCUT2D eigenvalue weighted by Gasteiger charge is 2.21. The number of hydroxylamine groups is 1. The second kappa shape index (κ2) is 16.4. The number of aryl methyl sites for hydroxylation is 1. The Balaban J connectivity index is 1.98. The van der Waals surface area contributed by atoms with E-state index in [9.17, 15) is 14.4 Å². The van der Waals surface area contributed by atoms with Gasteiger partial charge in [-0.05, 0) is 31.2 Å². The van der Waals surface area contributed by atoms with Gasteiger partial charge in [-0.3, -0.25) is 19.6 Å². The lowest BCUT2D eigenvalue weighted by molar-refractivity contribution is -0.139. The van der Waals surface area contributed by atoms with Gasteiger partial charge in [0, 0.05) is 12.8 Å². The predicted molar refractivity (Wildman–Crippen MR) is 115 cm³/mol. The number of nitrogens with one attached hydrogen (secondary N) is 2. The SMILES string of the molecule is O=C(O)CC[C@@H](NC(=O)CCCCCCCCCCCc1ccccc1)C(=O)NO. The fourth-order valence-corrected chi connectivity index (χ4v) is 3.38. The summed E-state index contributed by atoms with van der Waals surface area (Å²) in [4.78, 5) is 34.1. The van der Waals surface area contributed by atoms with Crippen molar-refractivity contribution in [3.05, 3.63) is 35.9 Å². The van der Waals surface area contributed by atoms with Gasteiger partial charge in [-0.1, -0.05) is 75.3 Å². The Hall–Kier alpha value is -2.41. The van der Waals surface area contributed by atoms with Crippen molar-refractivity contribution in [2.24, 2.45) is 0 Å². The second-order valence-corrected chi connectivity index (χ2v) is 7.70. The summed E-state index contributed by atoms with van der Waals surface area (Å²) in [5.74, 6) is -2.16. The molecule has 1 rings (SSSR count). The largest absolute Gasteiger partial charge is 0.481 e. The van der Waals surface area contributed by atoms with Gasteiger partial charge in [0.15, 0.2) is 0 Å². The summed E-state index contributed by atoms with van der Waals surface area (Å²) < 4.78 is 0. The molecule has 0 aromatic heterocycles. The molecular formula is C23H36N2O5. The Morgan fingerprint density at radius 1 is 0.800 bits per heavy atom. The second-order valence-electron chi connectivity index (χ2n) is 7.70. The van der Waals surface area contributed by atoms with Crippen molar-refractivity contribution in [1.82, 2.24) is 10.8 Å². The van der Waals surface area contributed by atoms with Gasteiger partial charge in [0.1, 0.15) is 6.04 Å². The number of hydrogen-bond acceptors (Lipinski definition) is 4. The molecule has 1 atom stereocenters. The number of aliphatic carboxylic acids is 1. The van der Waals surface area contributed by atoms with Crippen LogP contribution in [0, 0.1) is 0 Å². The van der Waals surface area contributed by atoms with Gasteiger partial charge in [0.05, 0.1) is 0 Å². The minimum absolute atomic E-state index is 0.0567. The standard InChI is InChI=1S/C23H36N2O5/c26-21(24-20(23(29)25-30)17-18-22(27)28)16-12-7-5-3-1-2-4-6-9-13-19-14-10-8-11-15-19/h8,10-11,14-15,20,30H,1-7,9,12-13,16-18H2,(H,24,26)(H,25,29)(H,27,28)/t20-/m1/s1. The van der Waals surface area contributed by atoms with Crippen LogP contribution in [0.2, 0.25) is 0 Å². The fourth-order valence-electron chi connectivity index (χ4n) is 3.38. The van der Waals surface area contributed by atoms with Crippen molar-refractivity contribution in [2.45, 2.75) is 89.5 Å². The third-order valence-corrected chi connectivity index (χ3v) is 5.12. The molecule has 4 N–H and O–H groups in total. The molecule has 0 unspecified atom stereocenters. The Kier molecular flexibility index (Phi) is 14.0. The van der Waals surface area contributed by atoms with Crippen molar-refractivity contribution in [3.8, 4) is 0 Å². The normalized spacial score (nSPS) is 11.6. The fraction of sp³-hybridized carbons (Fsp3) is 0.609. The summed E-state index contributed by atoms with van der Waals surface area (Å²) in [6.07, 6.45) is 11.3. The van der Waals surface area contributed by atoms with Crippen LogP contribution < -0.4 is 10.8 Å². The Morgan fingerprint density at radius 2 is 1.37 bits per heavy atom.